The second-order valence-electron chi connectivity index (χ2n) is 3.06. The highest BCUT2D eigenvalue weighted by Gasteiger charge is 2.04. The number of hydrogen-bond donors (Lipinski definition) is 1. The van der Waals surface area contributed by atoms with Crippen LogP contribution in [0.25, 0.3) is 0 Å². The van der Waals surface area contributed by atoms with E-state index < -0.39 is 8.38 Å². The summed E-state index contributed by atoms with van der Waals surface area (Å²) in [7, 11) is 4.39. The van der Waals surface area contributed by atoms with Gasteiger partial charge < -0.3 is 19.1 Å². The van der Waals surface area contributed by atoms with Gasteiger partial charge in [-0.15, -0.1) is 0 Å². The Morgan fingerprint density at radius 3 is 2.54 bits per heavy atom. The predicted octanol–water partition coefficient (Wildman–Crippen LogP) is 0.905. The molecule has 4 nitrogen and oxygen atoms in total. The molecule has 5 heteroatoms. The van der Waals surface area contributed by atoms with Gasteiger partial charge in [-0.1, -0.05) is 0 Å². The highest BCUT2D eigenvalue weighted by Crippen LogP contribution is 2.31. The minimum absolute atomic E-state index is 0.599. The Labute approximate surface area is 81.7 Å². The molecule has 80 valence electrons. The van der Waals surface area contributed by atoms with Crippen molar-refractivity contribution < 1.29 is 14.2 Å². The SMILES string of the molecule is COCCCP(O)OCCN(C)C. The van der Waals surface area contributed by atoms with Crippen LogP contribution in [-0.2, 0) is 9.26 Å². The smallest absolute Gasteiger partial charge is 0.167 e. The van der Waals surface area contributed by atoms with Crippen LogP contribution in [0.5, 0.6) is 0 Å². The lowest BCUT2D eigenvalue weighted by Crippen LogP contribution is -2.17. The van der Waals surface area contributed by atoms with Gasteiger partial charge in [-0.25, -0.2) is 0 Å². The normalized spacial score (nSPS) is 13.6. The van der Waals surface area contributed by atoms with Gasteiger partial charge in [-0.2, -0.15) is 0 Å². The molecule has 1 atom stereocenters. The molecule has 0 radical (unpaired) electrons. The fourth-order valence-electron chi connectivity index (χ4n) is 0.737. The Morgan fingerprint density at radius 1 is 1.31 bits per heavy atom. The third-order valence-electron chi connectivity index (χ3n) is 1.48. The highest BCUT2D eigenvalue weighted by molar-refractivity contribution is 7.46. The Balaban J connectivity index is 3.15. The van der Waals surface area contributed by atoms with Gasteiger partial charge in [-0.3, -0.25) is 0 Å². The molecule has 0 aliphatic rings. The van der Waals surface area contributed by atoms with Crippen molar-refractivity contribution in [3.8, 4) is 0 Å². The van der Waals surface area contributed by atoms with Gasteiger partial charge in [-0.05, 0) is 20.5 Å². The van der Waals surface area contributed by atoms with Crippen molar-refractivity contribution in [2.24, 2.45) is 0 Å². The molecule has 1 N–H and O–H groups in total. The van der Waals surface area contributed by atoms with Gasteiger partial charge in [0.15, 0.2) is 8.38 Å². The van der Waals surface area contributed by atoms with E-state index in [4.69, 9.17) is 9.26 Å². The maximum Gasteiger partial charge on any atom is 0.167 e. The molecule has 0 fully saturated rings. The lowest BCUT2D eigenvalue weighted by molar-refractivity contribution is 0.197. The Morgan fingerprint density at radius 2 is 2.00 bits per heavy atom. The largest absolute Gasteiger partial charge is 0.385 e. The number of likely N-dealkylation sites (N-methyl/N-ethyl adjacent to an activating group) is 1. The average Bonchev–Trinajstić information content (AvgIpc) is 2.04. The first kappa shape index (κ1) is 13.3. The fourth-order valence-corrected chi connectivity index (χ4v) is 1.56. The molecule has 1 unspecified atom stereocenters. The van der Waals surface area contributed by atoms with Gasteiger partial charge in [0.05, 0.1) is 6.61 Å². The number of ether oxygens (including phenoxy) is 1. The van der Waals surface area contributed by atoms with Crippen LogP contribution in [0.4, 0.5) is 0 Å². The first-order valence-electron chi connectivity index (χ1n) is 4.40. The molecular formula is C8H20NO3P. The molecule has 0 aromatic rings. The van der Waals surface area contributed by atoms with E-state index >= 15 is 0 Å². The second kappa shape index (κ2) is 8.85. The first-order valence-corrected chi connectivity index (χ1v) is 5.79. The Hall–Kier alpha value is 0.270. The van der Waals surface area contributed by atoms with Crippen LogP contribution in [0, 0.1) is 0 Å². The van der Waals surface area contributed by atoms with Crippen LogP contribution in [0.15, 0.2) is 0 Å². The van der Waals surface area contributed by atoms with Crippen LogP contribution in [0.2, 0.25) is 0 Å². The minimum atomic E-state index is -1.23. The topological polar surface area (TPSA) is 41.9 Å². The van der Waals surface area contributed by atoms with Gasteiger partial charge in [0.2, 0.25) is 0 Å². The zero-order valence-electron chi connectivity index (χ0n) is 8.69. The van der Waals surface area contributed by atoms with Crippen LogP contribution in [-0.4, -0.2) is 56.9 Å². The van der Waals surface area contributed by atoms with E-state index in [1.807, 2.05) is 19.0 Å². The fraction of sp³-hybridized carbons (Fsp3) is 1.00. The van der Waals surface area contributed by atoms with Crippen LogP contribution in [0.1, 0.15) is 6.42 Å². The summed E-state index contributed by atoms with van der Waals surface area (Å²) < 4.78 is 10.1. The standard InChI is InChI=1S/C8H20NO3P/c1-9(2)5-7-12-13(10)8-4-6-11-3/h10H,4-8H2,1-3H3. The van der Waals surface area contributed by atoms with Crippen molar-refractivity contribution in [3.63, 3.8) is 0 Å². The molecule has 0 amide bonds. The third kappa shape index (κ3) is 10.2. The molecule has 0 heterocycles. The molecule has 0 spiro atoms. The Bertz CT molecular complexity index is 114. The molecule has 0 saturated carbocycles. The summed E-state index contributed by atoms with van der Waals surface area (Å²) in [6.07, 6.45) is 1.57. The maximum atomic E-state index is 9.36. The van der Waals surface area contributed by atoms with Gasteiger partial charge in [0, 0.05) is 26.4 Å². The maximum absolute atomic E-state index is 9.36. The van der Waals surface area contributed by atoms with Gasteiger partial charge in [0.25, 0.3) is 0 Å². The third-order valence-corrected chi connectivity index (χ3v) is 2.66. The Kier molecular flexibility index (Phi) is 9.03. The van der Waals surface area contributed by atoms with Crippen molar-refractivity contribution >= 4 is 8.38 Å². The number of methoxy groups -OCH3 is 1. The summed E-state index contributed by atoms with van der Waals surface area (Å²) in [6, 6.07) is 0. The molecule has 0 rings (SSSR count). The first-order chi connectivity index (χ1) is 6.16. The minimum Gasteiger partial charge on any atom is -0.385 e. The van der Waals surface area contributed by atoms with Crippen LogP contribution in [0.3, 0.4) is 0 Å². The van der Waals surface area contributed by atoms with E-state index in [9.17, 15) is 4.89 Å². The van der Waals surface area contributed by atoms with E-state index in [0.717, 1.165) is 13.0 Å². The molecule has 0 aromatic heterocycles. The molecule has 0 saturated heterocycles. The zero-order chi connectivity index (χ0) is 10.1. The molecule has 0 aliphatic heterocycles. The van der Waals surface area contributed by atoms with E-state index in [1.165, 1.54) is 0 Å². The van der Waals surface area contributed by atoms with E-state index in [1.54, 1.807) is 7.11 Å². The second-order valence-corrected chi connectivity index (χ2v) is 4.47. The molecule has 0 aromatic carbocycles. The predicted molar refractivity (Wildman–Crippen MR) is 55.0 cm³/mol. The number of nitrogens with zero attached hydrogens (tertiary/aromatic N) is 1. The van der Waals surface area contributed by atoms with Crippen LogP contribution >= 0.6 is 8.38 Å². The van der Waals surface area contributed by atoms with Crippen molar-refractivity contribution in [1.82, 2.24) is 4.90 Å². The van der Waals surface area contributed by atoms with Gasteiger partial charge in [0.1, 0.15) is 0 Å². The quantitative estimate of drug-likeness (QED) is 0.476. The van der Waals surface area contributed by atoms with Crippen molar-refractivity contribution in [2.45, 2.75) is 6.42 Å². The summed E-state index contributed by atoms with van der Waals surface area (Å²) in [5.41, 5.74) is 0. The monoisotopic (exact) mass is 209 g/mol. The van der Waals surface area contributed by atoms with Crippen molar-refractivity contribution in [3.05, 3.63) is 0 Å². The van der Waals surface area contributed by atoms with Crippen molar-refractivity contribution in [1.29, 1.82) is 0 Å². The van der Waals surface area contributed by atoms with Crippen LogP contribution < -0.4 is 0 Å². The van der Waals surface area contributed by atoms with Gasteiger partial charge >= 0.3 is 0 Å². The van der Waals surface area contributed by atoms with E-state index in [0.29, 0.717) is 19.4 Å². The number of hydrogen-bond acceptors (Lipinski definition) is 4. The summed E-state index contributed by atoms with van der Waals surface area (Å²) >= 11 is 0. The average molecular weight is 209 g/mol. The summed E-state index contributed by atoms with van der Waals surface area (Å²) in [4.78, 5) is 11.4. The number of rotatable bonds is 8. The zero-order valence-corrected chi connectivity index (χ0v) is 9.59. The molecular weight excluding hydrogens is 189 g/mol. The lowest BCUT2D eigenvalue weighted by Gasteiger charge is -2.13. The molecule has 0 bridgehead atoms. The summed E-state index contributed by atoms with van der Waals surface area (Å²) in [6.45, 7) is 2.14. The molecule has 13 heavy (non-hydrogen) atoms. The van der Waals surface area contributed by atoms with E-state index in [2.05, 4.69) is 0 Å². The highest BCUT2D eigenvalue weighted by atomic mass is 31.2. The summed E-state index contributed by atoms with van der Waals surface area (Å²) in [5, 5.41) is 0. The molecule has 0 aliphatic carbocycles. The van der Waals surface area contributed by atoms with E-state index in [-0.39, 0.29) is 0 Å². The lowest BCUT2D eigenvalue weighted by atomic mass is 10.5. The summed E-state index contributed by atoms with van der Waals surface area (Å²) in [5.74, 6) is 0. The van der Waals surface area contributed by atoms with Crippen molar-refractivity contribution in [2.75, 3.05) is 47.1 Å².